The molecule has 1 aromatic heterocycles. The second kappa shape index (κ2) is 4.09. The summed E-state index contributed by atoms with van der Waals surface area (Å²) in [6, 6.07) is 5.11. The maximum Gasteiger partial charge on any atom is 0.318 e. The SMILES string of the molecule is O=C(NC1CC1)N1CCCC1c1cccs1. The van der Waals surface area contributed by atoms with Gasteiger partial charge in [-0.3, -0.25) is 0 Å². The molecule has 2 aliphatic rings. The Morgan fingerprint density at radius 2 is 2.31 bits per heavy atom. The largest absolute Gasteiger partial charge is 0.335 e. The summed E-state index contributed by atoms with van der Waals surface area (Å²) in [7, 11) is 0. The summed E-state index contributed by atoms with van der Waals surface area (Å²) in [6.07, 6.45) is 4.55. The summed E-state index contributed by atoms with van der Waals surface area (Å²) in [5.74, 6) is 0. The number of nitrogens with zero attached hydrogens (tertiary/aromatic N) is 1. The molecule has 3 nitrogen and oxygen atoms in total. The van der Waals surface area contributed by atoms with Crippen LogP contribution in [0.4, 0.5) is 4.79 Å². The predicted molar refractivity (Wildman–Crippen MR) is 64.6 cm³/mol. The number of carbonyl (C=O) groups excluding carboxylic acids is 1. The van der Waals surface area contributed by atoms with E-state index in [1.165, 1.54) is 4.88 Å². The van der Waals surface area contributed by atoms with Crippen molar-refractivity contribution >= 4 is 17.4 Å². The van der Waals surface area contributed by atoms with Gasteiger partial charge in [-0.05, 0) is 37.1 Å². The molecule has 4 heteroatoms. The third kappa shape index (κ3) is 1.94. The molecule has 16 heavy (non-hydrogen) atoms. The molecule has 1 N–H and O–H groups in total. The van der Waals surface area contributed by atoms with Crippen molar-refractivity contribution in [2.24, 2.45) is 0 Å². The van der Waals surface area contributed by atoms with Crippen LogP contribution >= 0.6 is 11.3 Å². The summed E-state index contributed by atoms with van der Waals surface area (Å²) >= 11 is 1.75. The normalized spacial score (nSPS) is 24.8. The van der Waals surface area contributed by atoms with Gasteiger partial charge in [0.2, 0.25) is 0 Å². The van der Waals surface area contributed by atoms with Gasteiger partial charge in [-0.15, -0.1) is 11.3 Å². The summed E-state index contributed by atoms with van der Waals surface area (Å²) in [4.78, 5) is 15.3. The molecule has 0 bridgehead atoms. The molecule has 1 saturated carbocycles. The van der Waals surface area contributed by atoms with Crippen molar-refractivity contribution in [2.45, 2.75) is 37.8 Å². The molecule has 0 spiro atoms. The van der Waals surface area contributed by atoms with Crippen LogP contribution in [0.15, 0.2) is 17.5 Å². The zero-order valence-corrected chi connectivity index (χ0v) is 10.0. The first-order valence-corrected chi connectivity index (χ1v) is 6.83. The highest BCUT2D eigenvalue weighted by molar-refractivity contribution is 7.10. The average molecular weight is 236 g/mol. The number of carbonyl (C=O) groups is 1. The molecule has 1 aliphatic carbocycles. The third-order valence-electron chi connectivity index (χ3n) is 3.29. The smallest absolute Gasteiger partial charge is 0.318 e. The number of hydrogen-bond acceptors (Lipinski definition) is 2. The van der Waals surface area contributed by atoms with E-state index >= 15 is 0 Å². The Hall–Kier alpha value is -1.03. The molecule has 2 fully saturated rings. The fraction of sp³-hybridized carbons (Fsp3) is 0.583. The zero-order valence-electron chi connectivity index (χ0n) is 9.19. The fourth-order valence-electron chi connectivity index (χ4n) is 2.27. The first kappa shape index (κ1) is 10.1. The van der Waals surface area contributed by atoms with E-state index in [2.05, 4.69) is 22.8 Å². The molecule has 1 unspecified atom stereocenters. The van der Waals surface area contributed by atoms with E-state index in [1.54, 1.807) is 11.3 Å². The minimum atomic E-state index is 0.137. The Morgan fingerprint density at radius 1 is 1.44 bits per heavy atom. The molecule has 2 amide bonds. The van der Waals surface area contributed by atoms with Crippen molar-refractivity contribution in [3.8, 4) is 0 Å². The molecule has 1 saturated heterocycles. The number of likely N-dealkylation sites (tertiary alicyclic amines) is 1. The number of nitrogens with one attached hydrogen (secondary N) is 1. The highest BCUT2D eigenvalue weighted by Gasteiger charge is 2.33. The lowest BCUT2D eigenvalue weighted by atomic mass is 10.2. The minimum absolute atomic E-state index is 0.137. The maximum atomic E-state index is 12.0. The molecule has 0 aromatic carbocycles. The molecule has 2 heterocycles. The number of amides is 2. The molecule has 3 rings (SSSR count). The highest BCUT2D eigenvalue weighted by atomic mass is 32.1. The first-order valence-electron chi connectivity index (χ1n) is 5.95. The number of rotatable bonds is 2. The van der Waals surface area contributed by atoms with Crippen LogP contribution < -0.4 is 5.32 Å². The molecule has 1 aliphatic heterocycles. The number of thiophene rings is 1. The maximum absolute atomic E-state index is 12.0. The van der Waals surface area contributed by atoms with E-state index in [9.17, 15) is 4.79 Å². The molecular formula is C12H16N2OS. The summed E-state index contributed by atoms with van der Waals surface area (Å²) in [6.45, 7) is 0.904. The van der Waals surface area contributed by atoms with Gasteiger partial charge in [0.05, 0.1) is 6.04 Å². The lowest BCUT2D eigenvalue weighted by Gasteiger charge is -2.24. The van der Waals surface area contributed by atoms with Gasteiger partial charge in [-0.2, -0.15) is 0 Å². The van der Waals surface area contributed by atoms with Gasteiger partial charge in [-0.1, -0.05) is 6.07 Å². The van der Waals surface area contributed by atoms with Crippen molar-refractivity contribution in [3.05, 3.63) is 22.4 Å². The van der Waals surface area contributed by atoms with Crippen molar-refractivity contribution in [1.82, 2.24) is 10.2 Å². The highest BCUT2D eigenvalue weighted by Crippen LogP contribution is 2.34. The first-order chi connectivity index (χ1) is 7.84. The van der Waals surface area contributed by atoms with Gasteiger partial charge in [0.25, 0.3) is 0 Å². The Labute approximate surface area is 99.5 Å². The van der Waals surface area contributed by atoms with E-state index in [1.807, 2.05) is 4.90 Å². The fourth-order valence-corrected chi connectivity index (χ4v) is 3.15. The lowest BCUT2D eigenvalue weighted by Crippen LogP contribution is -2.40. The summed E-state index contributed by atoms with van der Waals surface area (Å²) < 4.78 is 0. The third-order valence-corrected chi connectivity index (χ3v) is 4.26. The zero-order chi connectivity index (χ0) is 11.0. The van der Waals surface area contributed by atoms with Crippen molar-refractivity contribution in [2.75, 3.05) is 6.54 Å². The van der Waals surface area contributed by atoms with Gasteiger partial charge in [0.1, 0.15) is 0 Å². The molecule has 1 atom stereocenters. The van der Waals surface area contributed by atoms with Gasteiger partial charge in [-0.25, -0.2) is 4.79 Å². The Kier molecular flexibility index (Phi) is 2.59. The lowest BCUT2D eigenvalue weighted by molar-refractivity contribution is 0.193. The van der Waals surface area contributed by atoms with E-state index in [0.717, 1.165) is 32.2 Å². The molecule has 86 valence electrons. The van der Waals surface area contributed by atoms with Gasteiger partial charge in [0, 0.05) is 17.5 Å². The van der Waals surface area contributed by atoms with Crippen LogP contribution in [-0.4, -0.2) is 23.5 Å². The van der Waals surface area contributed by atoms with Crippen molar-refractivity contribution in [3.63, 3.8) is 0 Å². The average Bonchev–Trinajstić information content (AvgIpc) is 2.84. The number of urea groups is 1. The summed E-state index contributed by atoms with van der Waals surface area (Å²) in [5, 5.41) is 5.17. The quantitative estimate of drug-likeness (QED) is 0.841. The second-order valence-corrected chi connectivity index (χ2v) is 5.57. The van der Waals surface area contributed by atoms with Crippen LogP contribution in [0.5, 0.6) is 0 Å². The molecule has 0 radical (unpaired) electrons. The monoisotopic (exact) mass is 236 g/mol. The molecule has 1 aromatic rings. The van der Waals surface area contributed by atoms with Gasteiger partial charge in [0.15, 0.2) is 0 Å². The van der Waals surface area contributed by atoms with E-state index < -0.39 is 0 Å². The topological polar surface area (TPSA) is 32.3 Å². The van der Waals surface area contributed by atoms with Gasteiger partial charge < -0.3 is 10.2 Å². The van der Waals surface area contributed by atoms with E-state index in [0.29, 0.717) is 12.1 Å². The predicted octanol–water partition coefficient (Wildman–Crippen LogP) is 2.76. The Bertz CT molecular complexity index is 372. The second-order valence-electron chi connectivity index (χ2n) is 4.59. The Balaban J connectivity index is 1.70. The van der Waals surface area contributed by atoms with Crippen molar-refractivity contribution in [1.29, 1.82) is 0 Å². The standard InChI is InChI=1S/C12H16N2OS/c15-12(13-9-5-6-9)14-7-1-3-10(14)11-4-2-8-16-11/h2,4,8-10H,1,3,5-7H2,(H,13,15). The van der Waals surface area contributed by atoms with E-state index in [-0.39, 0.29) is 6.03 Å². The van der Waals surface area contributed by atoms with Crippen LogP contribution in [0.1, 0.15) is 36.6 Å². The minimum Gasteiger partial charge on any atom is -0.335 e. The van der Waals surface area contributed by atoms with Crippen molar-refractivity contribution < 1.29 is 4.79 Å². The van der Waals surface area contributed by atoms with E-state index in [4.69, 9.17) is 0 Å². The summed E-state index contributed by atoms with van der Waals surface area (Å²) in [5.41, 5.74) is 0. The van der Waals surface area contributed by atoms with Crippen LogP contribution in [0.2, 0.25) is 0 Å². The molecular weight excluding hydrogens is 220 g/mol. The van der Waals surface area contributed by atoms with Crippen LogP contribution in [0.3, 0.4) is 0 Å². The number of hydrogen-bond donors (Lipinski definition) is 1. The van der Waals surface area contributed by atoms with Crippen LogP contribution in [-0.2, 0) is 0 Å². The Morgan fingerprint density at radius 3 is 3.00 bits per heavy atom. The van der Waals surface area contributed by atoms with Crippen LogP contribution in [0, 0.1) is 0 Å². The van der Waals surface area contributed by atoms with Gasteiger partial charge >= 0.3 is 6.03 Å². The van der Waals surface area contributed by atoms with Crippen LogP contribution in [0.25, 0.3) is 0 Å².